The summed E-state index contributed by atoms with van der Waals surface area (Å²) in [5, 5.41) is 10.8. The highest BCUT2D eigenvalue weighted by molar-refractivity contribution is 9.10. The molecule has 1 aromatic rings. The molecule has 1 fully saturated rings. The fourth-order valence-electron chi connectivity index (χ4n) is 2.59. The highest BCUT2D eigenvalue weighted by Crippen LogP contribution is 2.35. The summed E-state index contributed by atoms with van der Waals surface area (Å²) in [7, 11) is 0. The van der Waals surface area contributed by atoms with Crippen LogP contribution in [-0.4, -0.2) is 4.92 Å². The molecule has 96 valence electrons. The Morgan fingerprint density at radius 3 is 2.39 bits per heavy atom. The van der Waals surface area contributed by atoms with Crippen LogP contribution in [-0.2, 0) is 0 Å². The fraction of sp³-hybridized carbons (Fsp3) is 0.429. The molecule has 18 heavy (non-hydrogen) atoms. The molecule has 0 aliphatic heterocycles. The summed E-state index contributed by atoms with van der Waals surface area (Å²) in [4.78, 5) is 10.5. The molecule has 0 aromatic heterocycles. The maximum absolute atomic E-state index is 10.8. The summed E-state index contributed by atoms with van der Waals surface area (Å²) < 4.78 is 0.996. The lowest BCUT2D eigenvalue weighted by Gasteiger charge is -2.23. The van der Waals surface area contributed by atoms with E-state index in [2.05, 4.69) is 15.9 Å². The van der Waals surface area contributed by atoms with Crippen LogP contribution in [0, 0.1) is 16.0 Å². The van der Waals surface area contributed by atoms with E-state index < -0.39 is 0 Å². The molecule has 0 bridgehead atoms. The Balaban J connectivity index is 2.30. The third-order valence-corrected chi connectivity index (χ3v) is 4.00. The van der Waals surface area contributed by atoms with Crippen LogP contribution in [0.2, 0.25) is 0 Å². The zero-order valence-corrected chi connectivity index (χ0v) is 11.7. The summed E-state index contributed by atoms with van der Waals surface area (Å²) in [6.45, 7) is 0. The number of allylic oxidation sites excluding steroid dienone is 1. The van der Waals surface area contributed by atoms with Crippen LogP contribution >= 0.6 is 15.9 Å². The molecule has 0 radical (unpaired) electrons. The van der Waals surface area contributed by atoms with Crippen molar-refractivity contribution in [2.45, 2.75) is 32.1 Å². The summed E-state index contributed by atoms with van der Waals surface area (Å²) in [5.74, 6) is 0.338. The van der Waals surface area contributed by atoms with Gasteiger partial charge in [-0.25, -0.2) is 0 Å². The first-order chi connectivity index (χ1) is 8.66. The molecule has 2 rings (SSSR count). The number of rotatable bonds is 3. The quantitative estimate of drug-likeness (QED) is 0.602. The summed E-state index contributed by atoms with van der Waals surface area (Å²) in [5.41, 5.74) is 1.86. The van der Waals surface area contributed by atoms with Crippen molar-refractivity contribution >= 4 is 21.5 Å². The molecule has 0 spiro atoms. The lowest BCUT2D eigenvalue weighted by molar-refractivity contribution is -0.401. The third kappa shape index (κ3) is 3.42. The van der Waals surface area contributed by atoms with E-state index >= 15 is 0 Å². The predicted molar refractivity (Wildman–Crippen MR) is 75.7 cm³/mol. The van der Waals surface area contributed by atoms with Crippen LogP contribution in [0.5, 0.6) is 0 Å². The summed E-state index contributed by atoms with van der Waals surface area (Å²) in [6, 6.07) is 7.78. The maximum atomic E-state index is 10.8. The monoisotopic (exact) mass is 309 g/mol. The van der Waals surface area contributed by atoms with Crippen LogP contribution in [0.3, 0.4) is 0 Å². The average molecular weight is 310 g/mol. The van der Waals surface area contributed by atoms with Crippen molar-refractivity contribution in [2.24, 2.45) is 5.92 Å². The molecule has 0 atom stereocenters. The first kappa shape index (κ1) is 13.3. The Morgan fingerprint density at radius 2 is 1.83 bits per heavy atom. The molecule has 0 amide bonds. The van der Waals surface area contributed by atoms with E-state index in [1.54, 1.807) is 0 Å². The minimum atomic E-state index is -0.327. The predicted octanol–water partition coefficient (Wildman–Crippen LogP) is 4.65. The van der Waals surface area contributed by atoms with Gasteiger partial charge in [-0.05, 0) is 36.5 Å². The number of benzene rings is 1. The molecule has 0 unspecified atom stereocenters. The molecular weight excluding hydrogens is 294 g/mol. The molecule has 1 saturated carbocycles. The van der Waals surface area contributed by atoms with Gasteiger partial charge >= 0.3 is 0 Å². The van der Waals surface area contributed by atoms with Gasteiger partial charge in [-0.3, -0.25) is 10.1 Å². The van der Waals surface area contributed by atoms with Gasteiger partial charge in [0.15, 0.2) is 0 Å². The zero-order chi connectivity index (χ0) is 13.0. The van der Waals surface area contributed by atoms with Gasteiger partial charge in [0, 0.05) is 10.0 Å². The highest BCUT2D eigenvalue weighted by Gasteiger charge is 2.21. The van der Waals surface area contributed by atoms with Gasteiger partial charge in [-0.1, -0.05) is 47.3 Å². The van der Waals surface area contributed by atoms with Crippen molar-refractivity contribution < 1.29 is 4.92 Å². The Bertz CT molecular complexity index is 447. The molecule has 0 saturated heterocycles. The molecule has 1 aromatic carbocycles. The van der Waals surface area contributed by atoms with Crippen molar-refractivity contribution in [1.29, 1.82) is 0 Å². The maximum Gasteiger partial charge on any atom is 0.238 e. The van der Waals surface area contributed by atoms with Crippen LogP contribution < -0.4 is 0 Å². The Hall–Kier alpha value is -1.16. The van der Waals surface area contributed by atoms with E-state index in [4.69, 9.17) is 0 Å². The molecule has 4 heteroatoms. The van der Waals surface area contributed by atoms with Crippen molar-refractivity contribution in [3.8, 4) is 0 Å². The van der Waals surface area contributed by atoms with Gasteiger partial charge < -0.3 is 0 Å². The number of nitro groups is 1. The van der Waals surface area contributed by atoms with Crippen molar-refractivity contribution in [3.63, 3.8) is 0 Å². The number of hydrogen-bond acceptors (Lipinski definition) is 2. The van der Waals surface area contributed by atoms with Gasteiger partial charge in [-0.15, -0.1) is 0 Å². The Labute approximate surface area is 115 Å². The molecule has 0 heterocycles. The second-order valence-corrected chi connectivity index (χ2v) is 5.63. The molecule has 1 aliphatic carbocycles. The largest absolute Gasteiger partial charge is 0.259 e. The molecule has 1 aliphatic rings. The molecular formula is C14H16BrNO2. The average Bonchev–Trinajstić information content (AvgIpc) is 2.38. The minimum absolute atomic E-state index is 0.327. The number of nitrogens with zero attached hydrogens (tertiary/aromatic N) is 1. The summed E-state index contributed by atoms with van der Waals surface area (Å²) >= 11 is 3.39. The summed E-state index contributed by atoms with van der Waals surface area (Å²) in [6.07, 6.45) is 6.93. The van der Waals surface area contributed by atoms with Crippen LogP contribution in [0.25, 0.3) is 5.57 Å². The van der Waals surface area contributed by atoms with E-state index in [0.29, 0.717) is 5.92 Å². The highest BCUT2D eigenvalue weighted by atomic mass is 79.9. The molecule has 0 N–H and O–H groups in total. The van der Waals surface area contributed by atoms with E-state index in [0.717, 1.165) is 28.5 Å². The van der Waals surface area contributed by atoms with E-state index in [9.17, 15) is 10.1 Å². The van der Waals surface area contributed by atoms with Crippen LogP contribution in [0.15, 0.2) is 34.9 Å². The lowest BCUT2D eigenvalue weighted by Crippen LogP contribution is -2.10. The minimum Gasteiger partial charge on any atom is -0.259 e. The van der Waals surface area contributed by atoms with Crippen molar-refractivity contribution in [2.75, 3.05) is 0 Å². The van der Waals surface area contributed by atoms with E-state index in [1.807, 2.05) is 24.3 Å². The van der Waals surface area contributed by atoms with Crippen LogP contribution in [0.1, 0.15) is 37.7 Å². The Morgan fingerprint density at radius 1 is 1.22 bits per heavy atom. The third-order valence-electron chi connectivity index (χ3n) is 3.47. The Kier molecular flexibility index (Phi) is 4.53. The second kappa shape index (κ2) is 6.14. The number of halogens is 1. The second-order valence-electron chi connectivity index (χ2n) is 4.71. The van der Waals surface area contributed by atoms with Gasteiger partial charge in [0.1, 0.15) is 0 Å². The van der Waals surface area contributed by atoms with Gasteiger partial charge in [-0.2, -0.15) is 0 Å². The zero-order valence-electron chi connectivity index (χ0n) is 10.1. The van der Waals surface area contributed by atoms with Crippen molar-refractivity contribution in [3.05, 3.63) is 50.6 Å². The first-order valence-electron chi connectivity index (χ1n) is 6.28. The lowest BCUT2D eigenvalue weighted by atomic mass is 9.81. The van der Waals surface area contributed by atoms with Gasteiger partial charge in [0.2, 0.25) is 6.20 Å². The van der Waals surface area contributed by atoms with Crippen molar-refractivity contribution in [1.82, 2.24) is 0 Å². The normalized spacial score (nSPS) is 17.7. The van der Waals surface area contributed by atoms with Crippen LogP contribution in [0.4, 0.5) is 0 Å². The van der Waals surface area contributed by atoms with E-state index in [1.165, 1.54) is 25.5 Å². The topological polar surface area (TPSA) is 43.1 Å². The number of hydrogen-bond donors (Lipinski definition) is 0. The van der Waals surface area contributed by atoms with Gasteiger partial charge in [0.05, 0.1) is 4.92 Å². The van der Waals surface area contributed by atoms with E-state index in [-0.39, 0.29) is 4.92 Å². The first-order valence-corrected chi connectivity index (χ1v) is 7.07. The fourth-order valence-corrected chi connectivity index (χ4v) is 2.85. The SMILES string of the molecule is O=[N+]([O-])/C=C(\c1ccc(Br)cc1)C1CCCCC1. The standard InChI is InChI=1S/C14H16BrNO2/c15-13-8-6-12(7-9-13)14(10-16(17)18)11-4-2-1-3-5-11/h6-11H,1-5H2/b14-10-. The molecule has 3 nitrogen and oxygen atoms in total. The smallest absolute Gasteiger partial charge is 0.238 e. The van der Waals surface area contributed by atoms with Gasteiger partial charge in [0.25, 0.3) is 0 Å².